The number of carbonyl (C=O) groups is 1. The summed E-state index contributed by atoms with van der Waals surface area (Å²) >= 11 is 7.94. The Bertz CT molecular complexity index is 1220. The molecule has 0 unspecified atom stereocenters. The van der Waals surface area contributed by atoms with Gasteiger partial charge in [-0.15, -0.1) is 5.10 Å². The third-order valence-corrected chi connectivity index (χ3v) is 7.36. The van der Waals surface area contributed by atoms with Gasteiger partial charge in [-0.25, -0.2) is 18.2 Å². The third-order valence-electron chi connectivity index (χ3n) is 4.10. The molecule has 0 saturated carbocycles. The van der Waals surface area contributed by atoms with Gasteiger partial charge in [0.05, 0.1) is 16.3 Å². The number of nitrogens with two attached hydrogens (primary N) is 1. The fourth-order valence-corrected chi connectivity index (χ4v) is 5.27. The highest BCUT2D eigenvalue weighted by atomic mass is 32.2. The molecule has 152 valence electrons. The maximum Gasteiger partial charge on any atom is 0.238 e. The van der Waals surface area contributed by atoms with Gasteiger partial charge in [0.25, 0.3) is 0 Å². The van der Waals surface area contributed by atoms with E-state index in [0.29, 0.717) is 14.0 Å². The molecule has 0 saturated heterocycles. The molecule has 0 spiro atoms. The van der Waals surface area contributed by atoms with Crippen LogP contribution in [0.4, 0.5) is 5.69 Å². The highest BCUT2D eigenvalue weighted by Crippen LogP contribution is 2.26. The van der Waals surface area contributed by atoms with Gasteiger partial charge in [-0.3, -0.25) is 4.79 Å². The van der Waals surface area contributed by atoms with Crippen molar-refractivity contribution < 1.29 is 13.2 Å². The third kappa shape index (κ3) is 5.31. The monoisotopic (exact) mass is 466 g/mol. The second kappa shape index (κ2) is 8.76. The number of aromatic nitrogens is 2. The standard InChI is InChI=1S/C18H18N4O3S4/c1-11-8-14(29(19,24)25)9-15(12(11)2)20-16(23)10-27-17-21-22(18(26)28-17)13-6-4-3-5-7-13/h3-9H,10H2,1-2H3,(H,20,23)(H2,19,24,25). The normalized spacial score (nSPS) is 11.4. The lowest BCUT2D eigenvalue weighted by Gasteiger charge is -2.12. The highest BCUT2D eigenvalue weighted by molar-refractivity contribution is 8.01. The van der Waals surface area contributed by atoms with Gasteiger partial charge >= 0.3 is 0 Å². The molecule has 11 heteroatoms. The zero-order chi connectivity index (χ0) is 21.2. The fraction of sp³-hybridized carbons (Fsp3) is 0.167. The Morgan fingerprint density at radius 1 is 1.28 bits per heavy atom. The van der Waals surface area contributed by atoms with Gasteiger partial charge in [-0.2, -0.15) is 0 Å². The van der Waals surface area contributed by atoms with Crippen molar-refractivity contribution in [3.63, 3.8) is 0 Å². The number of para-hydroxylation sites is 1. The average molecular weight is 467 g/mol. The first-order valence-electron chi connectivity index (χ1n) is 8.37. The molecule has 1 aromatic heterocycles. The molecular formula is C18H18N4O3S4. The van der Waals surface area contributed by atoms with Crippen molar-refractivity contribution >= 4 is 56.9 Å². The average Bonchev–Trinajstić information content (AvgIpc) is 3.04. The van der Waals surface area contributed by atoms with E-state index in [1.54, 1.807) is 18.5 Å². The number of aryl methyl sites for hydroxylation is 1. The van der Waals surface area contributed by atoms with Crippen LogP contribution in [0.25, 0.3) is 5.69 Å². The van der Waals surface area contributed by atoms with Crippen LogP contribution in [0.1, 0.15) is 11.1 Å². The van der Waals surface area contributed by atoms with Crippen molar-refractivity contribution in [3.05, 3.63) is 57.5 Å². The molecule has 0 aliphatic carbocycles. The Morgan fingerprint density at radius 2 is 1.97 bits per heavy atom. The van der Waals surface area contributed by atoms with Crippen molar-refractivity contribution in [1.29, 1.82) is 0 Å². The van der Waals surface area contributed by atoms with Crippen LogP contribution in [0.15, 0.2) is 51.7 Å². The van der Waals surface area contributed by atoms with Crippen LogP contribution in [0.3, 0.4) is 0 Å². The number of anilines is 1. The van der Waals surface area contributed by atoms with E-state index in [1.165, 1.54) is 35.2 Å². The van der Waals surface area contributed by atoms with E-state index in [4.69, 9.17) is 17.4 Å². The van der Waals surface area contributed by atoms with Crippen molar-refractivity contribution in [2.75, 3.05) is 11.1 Å². The number of primary sulfonamides is 1. The smallest absolute Gasteiger partial charge is 0.238 e. The summed E-state index contributed by atoms with van der Waals surface area (Å²) in [6.45, 7) is 3.56. The summed E-state index contributed by atoms with van der Waals surface area (Å²) < 4.78 is 26.2. The van der Waals surface area contributed by atoms with Gasteiger partial charge in [-0.05, 0) is 61.5 Å². The topological polar surface area (TPSA) is 107 Å². The number of nitrogens with zero attached hydrogens (tertiary/aromatic N) is 2. The van der Waals surface area contributed by atoms with E-state index in [0.717, 1.165) is 16.8 Å². The van der Waals surface area contributed by atoms with E-state index < -0.39 is 10.0 Å². The molecule has 0 bridgehead atoms. The van der Waals surface area contributed by atoms with Gasteiger partial charge in [0.2, 0.25) is 15.9 Å². The molecule has 3 N–H and O–H groups in total. The van der Waals surface area contributed by atoms with E-state index >= 15 is 0 Å². The van der Waals surface area contributed by atoms with Crippen LogP contribution in [-0.2, 0) is 14.8 Å². The SMILES string of the molecule is Cc1cc(S(N)(=O)=O)cc(NC(=O)CSc2nn(-c3ccccc3)c(=S)s2)c1C. The van der Waals surface area contributed by atoms with Crippen LogP contribution < -0.4 is 10.5 Å². The largest absolute Gasteiger partial charge is 0.325 e. The quantitative estimate of drug-likeness (QED) is 0.424. The summed E-state index contributed by atoms with van der Waals surface area (Å²) in [4.78, 5) is 12.4. The molecule has 0 aliphatic rings. The molecule has 7 nitrogen and oxygen atoms in total. The minimum Gasteiger partial charge on any atom is -0.325 e. The van der Waals surface area contributed by atoms with Gasteiger partial charge in [0.15, 0.2) is 8.29 Å². The molecular weight excluding hydrogens is 448 g/mol. The van der Waals surface area contributed by atoms with Crippen LogP contribution in [-0.4, -0.2) is 29.9 Å². The summed E-state index contributed by atoms with van der Waals surface area (Å²) in [5.74, 6) is -0.175. The van der Waals surface area contributed by atoms with Crippen LogP contribution in [0.2, 0.25) is 0 Å². The summed E-state index contributed by atoms with van der Waals surface area (Å²) in [6.07, 6.45) is 0. The summed E-state index contributed by atoms with van der Waals surface area (Å²) in [5, 5.41) is 12.4. The van der Waals surface area contributed by atoms with Gasteiger partial charge in [0, 0.05) is 5.69 Å². The lowest BCUT2D eigenvalue weighted by Crippen LogP contribution is -2.17. The molecule has 0 atom stereocenters. The second-order valence-electron chi connectivity index (χ2n) is 6.18. The number of benzene rings is 2. The number of nitrogens with one attached hydrogen (secondary N) is 1. The van der Waals surface area contributed by atoms with Crippen LogP contribution in [0.5, 0.6) is 0 Å². The Balaban J connectivity index is 1.72. The van der Waals surface area contributed by atoms with Crippen LogP contribution in [0, 0.1) is 17.8 Å². The molecule has 29 heavy (non-hydrogen) atoms. The predicted molar refractivity (Wildman–Crippen MR) is 119 cm³/mol. The van der Waals surface area contributed by atoms with Crippen molar-refractivity contribution in [2.45, 2.75) is 23.1 Å². The number of thioether (sulfide) groups is 1. The molecule has 1 heterocycles. The molecule has 3 aromatic rings. The molecule has 3 rings (SSSR count). The zero-order valence-electron chi connectivity index (χ0n) is 15.6. The number of sulfonamides is 1. The summed E-state index contributed by atoms with van der Waals surface area (Å²) in [6, 6.07) is 12.4. The minimum absolute atomic E-state index is 0.0388. The van der Waals surface area contributed by atoms with Gasteiger partial charge < -0.3 is 5.32 Å². The molecule has 0 aliphatic heterocycles. The Kier molecular flexibility index (Phi) is 6.54. The van der Waals surface area contributed by atoms with Crippen LogP contribution >= 0.6 is 35.3 Å². The fourth-order valence-electron chi connectivity index (χ4n) is 2.49. The first-order chi connectivity index (χ1) is 13.6. The van der Waals surface area contributed by atoms with E-state index in [2.05, 4.69) is 10.4 Å². The van der Waals surface area contributed by atoms with E-state index in [9.17, 15) is 13.2 Å². The van der Waals surface area contributed by atoms with Crippen molar-refractivity contribution in [3.8, 4) is 5.69 Å². The Morgan fingerprint density at radius 3 is 2.62 bits per heavy atom. The zero-order valence-corrected chi connectivity index (χ0v) is 18.8. The van der Waals surface area contributed by atoms with Gasteiger partial charge in [-0.1, -0.05) is 41.3 Å². The number of hydrogen-bond acceptors (Lipinski definition) is 7. The minimum atomic E-state index is -3.86. The lowest BCUT2D eigenvalue weighted by atomic mass is 10.1. The first-order valence-corrected chi connectivity index (χ1v) is 12.1. The van der Waals surface area contributed by atoms with E-state index in [-0.39, 0.29) is 16.6 Å². The number of amides is 1. The summed E-state index contributed by atoms with van der Waals surface area (Å²) in [7, 11) is -3.86. The Labute approximate surface area is 182 Å². The highest BCUT2D eigenvalue weighted by Gasteiger charge is 2.15. The van der Waals surface area contributed by atoms with Gasteiger partial charge in [0.1, 0.15) is 0 Å². The number of hydrogen-bond donors (Lipinski definition) is 2. The molecule has 2 aromatic carbocycles. The maximum atomic E-state index is 12.4. The maximum absolute atomic E-state index is 12.4. The predicted octanol–water partition coefficient (Wildman–Crippen LogP) is 3.66. The molecule has 0 fully saturated rings. The first kappa shape index (κ1) is 21.7. The number of carbonyl (C=O) groups excluding carboxylic acids is 1. The lowest BCUT2D eigenvalue weighted by molar-refractivity contribution is -0.113. The van der Waals surface area contributed by atoms with Crippen molar-refractivity contribution in [2.24, 2.45) is 5.14 Å². The van der Waals surface area contributed by atoms with Crippen molar-refractivity contribution in [1.82, 2.24) is 9.78 Å². The summed E-state index contributed by atoms with van der Waals surface area (Å²) in [5.41, 5.74) is 2.77. The van der Waals surface area contributed by atoms with E-state index in [1.807, 2.05) is 30.3 Å². The second-order valence-corrected chi connectivity index (χ2v) is 10.6. The Hall–Kier alpha value is -2.05. The molecule has 1 amide bonds. The number of rotatable bonds is 6. The molecule has 0 radical (unpaired) electrons.